The number of carbonyl (C=O) groups excluding carboxylic acids is 1. The molecule has 6 heteroatoms. The fourth-order valence-corrected chi connectivity index (χ4v) is 1.35. The van der Waals surface area contributed by atoms with Gasteiger partial charge in [0.15, 0.2) is 6.10 Å². The van der Waals surface area contributed by atoms with Gasteiger partial charge in [0, 0.05) is 13.0 Å². The van der Waals surface area contributed by atoms with Crippen LogP contribution >= 0.6 is 0 Å². The van der Waals surface area contributed by atoms with Crippen molar-refractivity contribution < 1.29 is 24.2 Å². The number of benzene rings is 1. The van der Waals surface area contributed by atoms with Crippen molar-refractivity contribution >= 4 is 11.9 Å². The summed E-state index contributed by atoms with van der Waals surface area (Å²) in [5.74, 6) is -2.63. The zero-order valence-corrected chi connectivity index (χ0v) is 9.81. The summed E-state index contributed by atoms with van der Waals surface area (Å²) in [5.41, 5.74) is 0.645. The minimum atomic E-state index is -1.53. The average Bonchev–Trinajstić information content (AvgIpc) is 2.31. The molecule has 5 nitrogen and oxygen atoms in total. The lowest BCUT2D eigenvalue weighted by molar-refractivity contribution is -0.146. The van der Waals surface area contributed by atoms with Crippen molar-refractivity contribution in [3.05, 3.63) is 35.1 Å². The Morgan fingerprint density at radius 3 is 2.72 bits per heavy atom. The fraction of sp³-hybridized carbons (Fsp3) is 0.333. The number of carboxylic acid groups (broad SMARTS) is 1. The van der Waals surface area contributed by atoms with Gasteiger partial charge in [-0.2, -0.15) is 0 Å². The zero-order valence-electron chi connectivity index (χ0n) is 9.81. The van der Waals surface area contributed by atoms with Crippen LogP contribution in [0.1, 0.15) is 22.3 Å². The van der Waals surface area contributed by atoms with E-state index in [2.05, 4.69) is 5.32 Å². The van der Waals surface area contributed by atoms with Gasteiger partial charge in [-0.1, -0.05) is 11.6 Å². The predicted molar refractivity (Wildman–Crippen MR) is 61.7 cm³/mol. The molecule has 1 unspecified atom stereocenters. The van der Waals surface area contributed by atoms with Crippen LogP contribution in [0.15, 0.2) is 18.2 Å². The second-order valence-corrected chi connectivity index (χ2v) is 3.88. The monoisotopic (exact) mass is 255 g/mol. The fourth-order valence-electron chi connectivity index (χ4n) is 1.35. The molecule has 98 valence electrons. The smallest absolute Gasteiger partial charge is 0.332 e. The lowest BCUT2D eigenvalue weighted by atomic mass is 10.1. The zero-order chi connectivity index (χ0) is 13.7. The Labute approximate surface area is 103 Å². The Hall–Kier alpha value is -1.95. The number of carboxylic acids is 1. The van der Waals surface area contributed by atoms with Gasteiger partial charge in [0.2, 0.25) is 0 Å². The maximum Gasteiger partial charge on any atom is 0.332 e. The van der Waals surface area contributed by atoms with Crippen LogP contribution in [0.5, 0.6) is 0 Å². The average molecular weight is 255 g/mol. The third-order valence-corrected chi connectivity index (χ3v) is 2.35. The largest absolute Gasteiger partial charge is 0.479 e. The number of aliphatic carboxylic acids is 1. The first-order valence-corrected chi connectivity index (χ1v) is 5.37. The number of aryl methyl sites for hydroxylation is 1. The van der Waals surface area contributed by atoms with Crippen LogP contribution in [0.2, 0.25) is 0 Å². The van der Waals surface area contributed by atoms with Crippen LogP contribution in [-0.4, -0.2) is 34.7 Å². The third kappa shape index (κ3) is 3.81. The quantitative estimate of drug-likeness (QED) is 0.722. The van der Waals surface area contributed by atoms with Crippen molar-refractivity contribution in [3.63, 3.8) is 0 Å². The minimum absolute atomic E-state index is 0.0420. The summed E-state index contributed by atoms with van der Waals surface area (Å²) in [5, 5.41) is 19.8. The van der Waals surface area contributed by atoms with Crippen LogP contribution in [-0.2, 0) is 4.79 Å². The van der Waals surface area contributed by atoms with Crippen molar-refractivity contribution in [2.45, 2.75) is 19.4 Å². The standard InChI is InChI=1S/C12H14FNO4/c1-7-2-3-9(13)8(6-7)11(16)14-5-4-10(15)12(17)18/h2-3,6,10,15H,4-5H2,1H3,(H,14,16)(H,17,18). The van der Waals surface area contributed by atoms with Gasteiger partial charge < -0.3 is 15.5 Å². The second kappa shape index (κ2) is 6.11. The number of rotatable bonds is 5. The minimum Gasteiger partial charge on any atom is -0.479 e. The number of aliphatic hydroxyl groups excluding tert-OH is 1. The van der Waals surface area contributed by atoms with Gasteiger partial charge in [0.05, 0.1) is 5.56 Å². The molecule has 0 saturated carbocycles. The molecule has 0 fully saturated rings. The van der Waals surface area contributed by atoms with Crippen LogP contribution < -0.4 is 5.32 Å². The van der Waals surface area contributed by atoms with E-state index < -0.39 is 23.8 Å². The summed E-state index contributed by atoms with van der Waals surface area (Å²) in [7, 11) is 0. The first-order valence-electron chi connectivity index (χ1n) is 5.37. The van der Waals surface area contributed by atoms with Crippen molar-refractivity contribution in [3.8, 4) is 0 Å². The predicted octanol–water partition coefficient (Wildman–Crippen LogP) is 0.700. The maximum absolute atomic E-state index is 13.3. The molecule has 0 saturated heterocycles. The summed E-state index contributed by atoms with van der Waals surface area (Å²) >= 11 is 0. The lowest BCUT2D eigenvalue weighted by Gasteiger charge is -2.08. The molecule has 0 heterocycles. The van der Waals surface area contributed by atoms with E-state index in [0.29, 0.717) is 0 Å². The first kappa shape index (κ1) is 14.1. The van der Waals surface area contributed by atoms with Gasteiger partial charge in [0.1, 0.15) is 5.82 Å². The molecule has 1 amide bonds. The van der Waals surface area contributed by atoms with Crippen molar-refractivity contribution in [2.24, 2.45) is 0 Å². The number of halogens is 1. The number of aliphatic hydroxyl groups is 1. The van der Waals surface area contributed by atoms with Gasteiger partial charge in [-0.3, -0.25) is 4.79 Å². The summed E-state index contributed by atoms with van der Waals surface area (Å²) in [6, 6.07) is 4.13. The molecule has 1 aromatic carbocycles. The lowest BCUT2D eigenvalue weighted by Crippen LogP contribution is -2.30. The van der Waals surface area contributed by atoms with Gasteiger partial charge in [0.25, 0.3) is 5.91 Å². The molecule has 1 atom stereocenters. The topological polar surface area (TPSA) is 86.6 Å². The van der Waals surface area contributed by atoms with E-state index in [1.807, 2.05) is 0 Å². The van der Waals surface area contributed by atoms with Crippen molar-refractivity contribution in [2.75, 3.05) is 6.54 Å². The van der Waals surface area contributed by atoms with E-state index in [9.17, 15) is 14.0 Å². The molecule has 0 aromatic heterocycles. The molecule has 18 heavy (non-hydrogen) atoms. The van der Waals surface area contributed by atoms with Gasteiger partial charge in [-0.15, -0.1) is 0 Å². The number of hydrogen-bond acceptors (Lipinski definition) is 3. The van der Waals surface area contributed by atoms with E-state index in [-0.39, 0.29) is 18.5 Å². The number of carbonyl (C=O) groups is 2. The molecule has 1 rings (SSSR count). The van der Waals surface area contributed by atoms with E-state index in [0.717, 1.165) is 5.56 Å². The summed E-state index contributed by atoms with van der Waals surface area (Å²) in [6.07, 6.45) is -1.67. The highest BCUT2D eigenvalue weighted by atomic mass is 19.1. The normalized spacial score (nSPS) is 11.9. The number of nitrogens with one attached hydrogen (secondary N) is 1. The molecule has 0 aliphatic heterocycles. The van der Waals surface area contributed by atoms with E-state index in [1.165, 1.54) is 12.1 Å². The van der Waals surface area contributed by atoms with E-state index in [1.54, 1.807) is 13.0 Å². The Balaban J connectivity index is 2.55. The van der Waals surface area contributed by atoms with Crippen molar-refractivity contribution in [1.29, 1.82) is 0 Å². The summed E-state index contributed by atoms with van der Waals surface area (Å²) in [4.78, 5) is 21.9. The van der Waals surface area contributed by atoms with Crippen LogP contribution in [0.3, 0.4) is 0 Å². The summed E-state index contributed by atoms with van der Waals surface area (Å²) in [6.45, 7) is 1.68. The Morgan fingerprint density at radius 2 is 2.11 bits per heavy atom. The van der Waals surface area contributed by atoms with Crippen LogP contribution in [0, 0.1) is 12.7 Å². The molecular formula is C12H14FNO4. The SMILES string of the molecule is Cc1ccc(F)c(C(=O)NCCC(O)C(=O)O)c1. The first-order chi connectivity index (χ1) is 8.41. The van der Waals surface area contributed by atoms with Gasteiger partial charge in [-0.05, 0) is 19.1 Å². The Bertz CT molecular complexity index is 461. The number of hydrogen-bond donors (Lipinski definition) is 3. The number of amides is 1. The molecule has 0 bridgehead atoms. The molecular weight excluding hydrogens is 241 g/mol. The Kier molecular flexibility index (Phi) is 4.79. The molecule has 0 radical (unpaired) electrons. The van der Waals surface area contributed by atoms with Gasteiger partial charge >= 0.3 is 5.97 Å². The van der Waals surface area contributed by atoms with Gasteiger partial charge in [-0.25, -0.2) is 9.18 Å². The maximum atomic E-state index is 13.3. The second-order valence-electron chi connectivity index (χ2n) is 3.88. The van der Waals surface area contributed by atoms with E-state index >= 15 is 0 Å². The van der Waals surface area contributed by atoms with Crippen molar-refractivity contribution in [1.82, 2.24) is 5.32 Å². The third-order valence-electron chi connectivity index (χ3n) is 2.35. The highest BCUT2D eigenvalue weighted by molar-refractivity contribution is 5.94. The molecule has 1 aromatic rings. The molecule has 3 N–H and O–H groups in total. The molecule has 0 spiro atoms. The highest BCUT2D eigenvalue weighted by Crippen LogP contribution is 2.09. The van der Waals surface area contributed by atoms with Crippen LogP contribution in [0.4, 0.5) is 4.39 Å². The van der Waals surface area contributed by atoms with E-state index in [4.69, 9.17) is 10.2 Å². The molecule has 0 aliphatic rings. The highest BCUT2D eigenvalue weighted by Gasteiger charge is 2.15. The summed E-state index contributed by atoms with van der Waals surface area (Å²) < 4.78 is 13.3. The van der Waals surface area contributed by atoms with Crippen LogP contribution in [0.25, 0.3) is 0 Å². The Morgan fingerprint density at radius 1 is 1.44 bits per heavy atom. The molecule has 0 aliphatic carbocycles.